The smallest absolute Gasteiger partial charge is 0.254 e. The molecule has 2 heterocycles. The normalized spacial score (nSPS) is 34.4. The molecule has 2 saturated heterocycles. The lowest BCUT2D eigenvalue weighted by atomic mass is 9.47. The summed E-state index contributed by atoms with van der Waals surface area (Å²) in [5.74, 6) is -3.67. The second-order valence-corrected chi connectivity index (χ2v) is 13.1. The van der Waals surface area contributed by atoms with Crippen LogP contribution in [0.1, 0.15) is 40.2 Å². The minimum Gasteiger partial charge on any atom is -0.274 e. The van der Waals surface area contributed by atoms with Gasteiger partial charge in [-0.05, 0) is 65.1 Å². The zero-order valence-electron chi connectivity index (χ0n) is 23.2. The Morgan fingerprint density at radius 3 is 2.02 bits per heavy atom. The maximum atomic E-state index is 14.7. The first kappa shape index (κ1) is 25.2. The van der Waals surface area contributed by atoms with Gasteiger partial charge >= 0.3 is 0 Å². The van der Waals surface area contributed by atoms with Crippen LogP contribution in [0.2, 0.25) is 5.02 Å². The summed E-state index contributed by atoms with van der Waals surface area (Å²) in [6.45, 7) is 1.85. The number of hydrazone groups is 1. The van der Waals surface area contributed by atoms with E-state index in [0.717, 1.165) is 39.2 Å². The van der Waals surface area contributed by atoms with Crippen LogP contribution < -0.4 is 4.90 Å². The summed E-state index contributed by atoms with van der Waals surface area (Å²) >= 11 is 6.36. The van der Waals surface area contributed by atoms with E-state index in [0.29, 0.717) is 10.7 Å². The highest BCUT2D eigenvalue weighted by molar-refractivity contribution is 6.32. The fraction of sp³-hybridized carbons (Fsp3) is 0.286. The number of fused-ring (bicyclic) bond motifs is 5. The van der Waals surface area contributed by atoms with Gasteiger partial charge < -0.3 is 0 Å². The molecule has 4 bridgehead atoms. The Morgan fingerprint density at radius 2 is 1.40 bits per heavy atom. The molecule has 0 N–H and O–H groups in total. The van der Waals surface area contributed by atoms with Crippen LogP contribution in [-0.2, 0) is 24.6 Å². The first-order valence-electron chi connectivity index (χ1n) is 14.8. The zero-order valence-corrected chi connectivity index (χ0v) is 23.9. The number of nitrogens with zero attached hydrogens (tertiary/aromatic N) is 3. The summed E-state index contributed by atoms with van der Waals surface area (Å²) in [6.07, 6.45) is 6.56. The van der Waals surface area contributed by atoms with E-state index in [9.17, 15) is 19.2 Å². The number of halogens is 1. The molecular weight excluding hydrogens is 562 g/mol. The highest BCUT2D eigenvalue weighted by atomic mass is 35.5. The number of benzene rings is 3. The SMILES string of the molecule is Cc1ccc(Cl)cc1N1C(=O)[C@@H]2C3c4ccccc4C(/C=N\N4C(=O)[C@H]5[C@H](C4=O)[C@H]4C=C[C@H]5C4)(c4ccccc43)[C@@H]2C1=O. The Hall–Kier alpha value is -4.36. The van der Waals surface area contributed by atoms with E-state index >= 15 is 0 Å². The molecular formula is C35H26ClN3O4. The largest absolute Gasteiger partial charge is 0.274 e. The van der Waals surface area contributed by atoms with Gasteiger partial charge in [-0.1, -0.05) is 78.4 Å². The highest BCUT2D eigenvalue weighted by Crippen LogP contribution is 2.64. The van der Waals surface area contributed by atoms with Gasteiger partial charge in [-0.25, -0.2) is 4.90 Å². The van der Waals surface area contributed by atoms with Crippen LogP contribution in [0.15, 0.2) is 84.0 Å². The van der Waals surface area contributed by atoms with Gasteiger partial charge in [0.25, 0.3) is 11.8 Å². The van der Waals surface area contributed by atoms with Crippen molar-refractivity contribution in [1.29, 1.82) is 0 Å². The predicted octanol–water partition coefficient (Wildman–Crippen LogP) is 4.99. The molecule has 0 unspecified atom stereocenters. The van der Waals surface area contributed by atoms with Crippen molar-refractivity contribution in [3.8, 4) is 0 Å². The number of amides is 4. The molecule has 4 amide bonds. The third-order valence-corrected chi connectivity index (χ3v) is 11.2. The first-order valence-corrected chi connectivity index (χ1v) is 15.1. The van der Waals surface area contributed by atoms with E-state index in [2.05, 4.69) is 17.3 Å². The minimum atomic E-state index is -1.17. The van der Waals surface area contributed by atoms with Crippen molar-refractivity contribution < 1.29 is 19.2 Å². The maximum Gasteiger partial charge on any atom is 0.254 e. The molecule has 0 radical (unpaired) electrons. The van der Waals surface area contributed by atoms with Crippen molar-refractivity contribution in [3.05, 3.63) is 112 Å². The fourth-order valence-electron chi connectivity index (χ4n) is 9.26. The lowest BCUT2D eigenvalue weighted by Crippen LogP contribution is -2.55. The molecule has 6 atom stereocenters. The number of carbonyl (C=O) groups is 4. The average molecular weight is 588 g/mol. The number of hydrogen-bond acceptors (Lipinski definition) is 5. The van der Waals surface area contributed by atoms with Crippen LogP contribution in [0.5, 0.6) is 0 Å². The van der Waals surface area contributed by atoms with E-state index in [1.807, 2.05) is 55.5 Å². The van der Waals surface area contributed by atoms with Gasteiger partial charge in [-0.3, -0.25) is 19.2 Å². The molecule has 43 heavy (non-hydrogen) atoms. The second-order valence-electron chi connectivity index (χ2n) is 12.7. The highest BCUT2D eigenvalue weighted by Gasteiger charge is 2.68. The maximum absolute atomic E-state index is 14.7. The third kappa shape index (κ3) is 2.93. The molecule has 7 aliphatic rings. The molecule has 1 saturated carbocycles. The third-order valence-electron chi connectivity index (χ3n) is 10.9. The van der Waals surface area contributed by atoms with Crippen molar-refractivity contribution in [2.75, 3.05) is 4.90 Å². The number of hydrogen-bond donors (Lipinski definition) is 0. The van der Waals surface area contributed by atoms with Crippen molar-refractivity contribution in [2.45, 2.75) is 24.7 Å². The molecule has 0 spiro atoms. The lowest BCUT2D eigenvalue weighted by molar-refractivity contribution is -0.140. The first-order chi connectivity index (χ1) is 20.8. The van der Waals surface area contributed by atoms with Gasteiger partial charge in [0, 0.05) is 17.2 Å². The van der Waals surface area contributed by atoms with Crippen molar-refractivity contribution in [1.82, 2.24) is 5.01 Å². The Balaban J connectivity index is 1.25. The molecule has 3 aromatic rings. The molecule has 212 valence electrons. The van der Waals surface area contributed by atoms with Crippen LogP contribution in [0.25, 0.3) is 0 Å². The number of allylic oxidation sites excluding steroid dienone is 2. The summed E-state index contributed by atoms with van der Waals surface area (Å²) in [5, 5.41) is 6.15. The van der Waals surface area contributed by atoms with Crippen molar-refractivity contribution in [2.24, 2.45) is 40.6 Å². The van der Waals surface area contributed by atoms with Crippen LogP contribution >= 0.6 is 11.6 Å². The van der Waals surface area contributed by atoms with Crippen molar-refractivity contribution >= 4 is 47.1 Å². The molecule has 5 aliphatic carbocycles. The average Bonchev–Trinajstić information content (AvgIpc) is 3.76. The molecule has 8 heteroatoms. The number of anilines is 1. The Bertz CT molecular complexity index is 1820. The number of carbonyl (C=O) groups excluding carboxylic acids is 4. The summed E-state index contributed by atoms with van der Waals surface area (Å²) in [4.78, 5) is 57.6. The van der Waals surface area contributed by atoms with Crippen LogP contribution in [0.4, 0.5) is 5.69 Å². The molecule has 3 aromatic carbocycles. The van der Waals surface area contributed by atoms with Crippen LogP contribution in [0.3, 0.4) is 0 Å². The summed E-state index contributed by atoms with van der Waals surface area (Å²) < 4.78 is 0. The van der Waals surface area contributed by atoms with Gasteiger partial charge in [0.05, 0.1) is 34.8 Å². The summed E-state index contributed by atoms with van der Waals surface area (Å²) in [7, 11) is 0. The number of imide groups is 2. The topological polar surface area (TPSA) is 87.1 Å². The predicted molar refractivity (Wildman–Crippen MR) is 159 cm³/mol. The van der Waals surface area contributed by atoms with Gasteiger partial charge in [0.15, 0.2) is 0 Å². The lowest BCUT2D eigenvalue weighted by Gasteiger charge is -2.52. The van der Waals surface area contributed by atoms with Gasteiger partial charge in [0.1, 0.15) is 0 Å². The van der Waals surface area contributed by atoms with Gasteiger partial charge in [0.2, 0.25) is 11.8 Å². The van der Waals surface area contributed by atoms with E-state index in [-0.39, 0.29) is 53.2 Å². The number of aryl methyl sites for hydroxylation is 1. The Morgan fingerprint density at radius 1 is 0.791 bits per heavy atom. The summed E-state index contributed by atoms with van der Waals surface area (Å²) in [6, 6.07) is 20.9. The minimum absolute atomic E-state index is 0.0595. The van der Waals surface area contributed by atoms with Gasteiger partial charge in [-0.2, -0.15) is 10.1 Å². The fourth-order valence-corrected chi connectivity index (χ4v) is 9.43. The standard InChI is InChI=1S/C35H26ClN3O4/c1-17-10-13-20(36)15-25(17)38-31(40)29-28-21-6-2-4-8-23(21)35(30(29)34(38)43,24-9-5-3-7-22(24)28)16-37-39-32(41)26-18-11-12-19(14-18)27(26)33(39)42/h2-13,15-16,18-19,26-30H,14H2,1H3/b37-16-/t18-,19-,26+,27+,28?,29+,30-,35?/m0/s1. The molecule has 10 rings (SSSR count). The molecule has 0 aromatic heterocycles. The monoisotopic (exact) mass is 587 g/mol. The Labute approximate surface area is 252 Å². The van der Waals surface area contributed by atoms with E-state index in [1.54, 1.807) is 24.4 Å². The van der Waals surface area contributed by atoms with Crippen LogP contribution in [-0.4, -0.2) is 34.9 Å². The molecule has 7 nitrogen and oxygen atoms in total. The van der Waals surface area contributed by atoms with Gasteiger partial charge in [-0.15, -0.1) is 0 Å². The van der Waals surface area contributed by atoms with Crippen LogP contribution in [0, 0.1) is 42.4 Å². The zero-order chi connectivity index (χ0) is 29.4. The Kier molecular flexibility index (Phi) is 4.91. The second kappa shape index (κ2) is 8.38. The van der Waals surface area contributed by atoms with Crippen molar-refractivity contribution in [3.63, 3.8) is 0 Å². The van der Waals surface area contributed by atoms with E-state index < -0.39 is 17.3 Å². The van der Waals surface area contributed by atoms with E-state index in [1.165, 1.54) is 4.90 Å². The molecule has 3 fully saturated rings. The number of rotatable bonds is 3. The summed E-state index contributed by atoms with van der Waals surface area (Å²) in [5.41, 5.74) is 3.72. The molecule has 2 aliphatic heterocycles. The quantitative estimate of drug-likeness (QED) is 0.245. The van der Waals surface area contributed by atoms with E-state index in [4.69, 9.17) is 11.6 Å².